The van der Waals surface area contributed by atoms with Crippen LogP contribution < -0.4 is 5.09 Å². The van der Waals surface area contributed by atoms with Gasteiger partial charge in [0.05, 0.1) is 0 Å². The van der Waals surface area contributed by atoms with Crippen LogP contribution in [0.4, 0.5) is 0 Å². The second-order valence-electron chi connectivity index (χ2n) is 5.59. The molecule has 0 spiro atoms. The molecule has 0 radical (unpaired) electrons. The third-order valence-corrected chi connectivity index (χ3v) is 4.80. The molecule has 28 heavy (non-hydrogen) atoms. The van der Waals surface area contributed by atoms with Crippen molar-refractivity contribution in [3.63, 3.8) is 0 Å². The van der Waals surface area contributed by atoms with E-state index in [0.717, 1.165) is 0 Å². The van der Waals surface area contributed by atoms with E-state index in [1.807, 2.05) is 0 Å². The van der Waals surface area contributed by atoms with Crippen molar-refractivity contribution in [2.24, 2.45) is 0 Å². The number of rotatable bonds is 7. The average Bonchev–Trinajstić information content (AvgIpc) is 2.62. The fourth-order valence-electron chi connectivity index (χ4n) is 2.04. The summed E-state index contributed by atoms with van der Waals surface area (Å²) in [6.07, 6.45) is -0.0965. The summed E-state index contributed by atoms with van der Waals surface area (Å²) in [6, 6.07) is 12.7. The predicted molar refractivity (Wildman–Crippen MR) is 101 cm³/mol. The van der Waals surface area contributed by atoms with Crippen LogP contribution in [-0.2, 0) is 20.3 Å². The van der Waals surface area contributed by atoms with E-state index in [1.54, 1.807) is 35.4 Å². The average molecular weight is 433 g/mol. The zero-order valence-electron chi connectivity index (χ0n) is 14.4. The summed E-state index contributed by atoms with van der Waals surface area (Å²) in [4.78, 5) is 36.7. The zero-order valence-corrected chi connectivity index (χ0v) is 16.3. The van der Waals surface area contributed by atoms with Crippen molar-refractivity contribution in [3.05, 3.63) is 65.7 Å². The molecule has 2 aromatic rings. The van der Waals surface area contributed by atoms with Crippen molar-refractivity contribution in [3.8, 4) is 5.75 Å². The zero-order chi connectivity index (χ0) is 21.3. The monoisotopic (exact) mass is 433 g/mol. The quantitative estimate of drug-likeness (QED) is 0.313. The van der Waals surface area contributed by atoms with Gasteiger partial charge in [0.1, 0.15) is 11.8 Å². The summed E-state index contributed by atoms with van der Waals surface area (Å²) >= 11 is 0. The molecule has 2 rings (SSSR count). The number of nitrogens with one attached hydrogen (secondary N) is 1. The van der Waals surface area contributed by atoms with Crippen LogP contribution in [0.5, 0.6) is 5.75 Å². The maximum atomic E-state index is 10.8. The summed E-state index contributed by atoms with van der Waals surface area (Å²) in [5, 5.41) is 28.6. The Bertz CT molecular complexity index is 824. The Morgan fingerprint density at radius 1 is 1.07 bits per heavy atom. The summed E-state index contributed by atoms with van der Waals surface area (Å²) in [5.41, 5.74) is 1.02. The van der Waals surface area contributed by atoms with Crippen LogP contribution in [0.15, 0.2) is 54.6 Å². The largest absolute Gasteiger partial charge is 0.508 e. The number of aliphatic carboxylic acids is 1. The molecule has 12 heteroatoms. The van der Waals surface area contributed by atoms with Crippen LogP contribution in [-0.4, -0.2) is 42.0 Å². The lowest BCUT2D eigenvalue weighted by Crippen LogP contribution is -2.36. The lowest BCUT2D eigenvalue weighted by Gasteiger charge is -2.15. The predicted octanol–water partition coefficient (Wildman–Crippen LogP) is 1.21. The van der Waals surface area contributed by atoms with Gasteiger partial charge in [-0.25, -0.2) is 9.65 Å². The van der Waals surface area contributed by atoms with Gasteiger partial charge in [-0.05, 0) is 29.7 Å². The van der Waals surface area contributed by atoms with E-state index in [4.69, 9.17) is 30.0 Å². The molecule has 3 atom stereocenters. The summed E-state index contributed by atoms with van der Waals surface area (Å²) in [7, 11) is -7.46. The Hall–Kier alpha value is -2.03. The molecule has 0 aliphatic rings. The highest BCUT2D eigenvalue weighted by atomic mass is 31.2. The minimum atomic E-state index is -4.60. The van der Waals surface area contributed by atoms with Crippen molar-refractivity contribution in [1.29, 1.82) is 0 Å². The summed E-state index contributed by atoms with van der Waals surface area (Å²) in [5.74, 6) is -2.55. The first-order chi connectivity index (χ1) is 13.0. The van der Waals surface area contributed by atoms with E-state index >= 15 is 0 Å². The van der Waals surface area contributed by atoms with Crippen molar-refractivity contribution in [2.45, 2.75) is 18.3 Å². The van der Waals surface area contributed by atoms with E-state index < -0.39 is 33.6 Å². The smallest absolute Gasteiger partial charge is 0.401 e. The number of benzene rings is 2. The normalized spacial score (nSPS) is 14.3. The molecule has 0 aromatic heterocycles. The molecule has 0 saturated carbocycles. The highest BCUT2D eigenvalue weighted by molar-refractivity contribution is 7.49. The lowest BCUT2D eigenvalue weighted by molar-refractivity contribution is -0.139. The maximum Gasteiger partial charge on any atom is 0.401 e. The highest BCUT2D eigenvalue weighted by Gasteiger charge is 2.25. The molecule has 3 unspecified atom stereocenters. The van der Waals surface area contributed by atoms with Crippen molar-refractivity contribution < 1.29 is 43.9 Å². The molecule has 0 fully saturated rings. The summed E-state index contributed by atoms with van der Waals surface area (Å²) < 4.78 is 21.1. The number of carbonyl (C=O) groups is 1. The third-order valence-electron chi connectivity index (χ3n) is 3.35. The number of hydrogen-bond donors (Lipinski definition) is 7. The van der Waals surface area contributed by atoms with E-state index in [2.05, 4.69) is 0 Å². The molecule has 0 heterocycles. The molecule has 7 N–H and O–H groups in total. The van der Waals surface area contributed by atoms with Crippen LogP contribution in [0.25, 0.3) is 0 Å². The second kappa shape index (κ2) is 11.1. The van der Waals surface area contributed by atoms with E-state index in [1.165, 1.54) is 24.3 Å². The SMILES string of the molecule is O=C(O)C(Cc1ccc(O)cc1)NP(=O)(O)O.O=[PH](O)C(O)c1ccccc1. The van der Waals surface area contributed by atoms with Gasteiger partial charge < -0.3 is 30.0 Å². The molecule has 154 valence electrons. The number of aliphatic hydroxyl groups excluding tert-OH is 1. The van der Waals surface area contributed by atoms with Gasteiger partial charge in [0.2, 0.25) is 8.03 Å². The van der Waals surface area contributed by atoms with Gasteiger partial charge in [0, 0.05) is 0 Å². The van der Waals surface area contributed by atoms with Gasteiger partial charge in [0.25, 0.3) is 0 Å². The maximum absolute atomic E-state index is 10.8. The molecule has 10 nitrogen and oxygen atoms in total. The molecule has 0 amide bonds. The fraction of sp³-hybridized carbons (Fsp3) is 0.188. The third kappa shape index (κ3) is 9.25. The minimum absolute atomic E-state index is 0.0311. The van der Waals surface area contributed by atoms with E-state index in [9.17, 15) is 13.9 Å². The minimum Gasteiger partial charge on any atom is -0.508 e. The van der Waals surface area contributed by atoms with Gasteiger partial charge in [0.15, 0.2) is 5.85 Å². The van der Waals surface area contributed by atoms with Gasteiger partial charge in [-0.1, -0.05) is 42.5 Å². The van der Waals surface area contributed by atoms with Crippen LogP contribution in [0.2, 0.25) is 0 Å². The Morgan fingerprint density at radius 2 is 1.61 bits per heavy atom. The molecule has 0 saturated heterocycles. The number of aromatic hydroxyl groups is 1. The lowest BCUT2D eigenvalue weighted by atomic mass is 10.1. The fourth-order valence-corrected chi connectivity index (χ4v) is 3.12. The number of phenolic OH excluding ortho intramolecular Hbond substituents is 1. The first-order valence-corrected chi connectivity index (χ1v) is 10.8. The van der Waals surface area contributed by atoms with Gasteiger partial charge in [-0.15, -0.1) is 0 Å². The first-order valence-electron chi connectivity index (χ1n) is 7.79. The molecular formula is C16H21NO9P2. The molecule has 0 aliphatic heterocycles. The highest BCUT2D eigenvalue weighted by Crippen LogP contribution is 2.34. The van der Waals surface area contributed by atoms with Gasteiger partial charge in [-0.3, -0.25) is 9.36 Å². The number of hydrogen-bond acceptors (Lipinski definition) is 5. The Morgan fingerprint density at radius 3 is 2.04 bits per heavy atom. The van der Waals surface area contributed by atoms with Crippen molar-refractivity contribution >= 4 is 21.7 Å². The van der Waals surface area contributed by atoms with E-state index in [0.29, 0.717) is 11.1 Å². The van der Waals surface area contributed by atoms with Crippen LogP contribution >= 0.6 is 15.8 Å². The van der Waals surface area contributed by atoms with Crippen molar-refractivity contribution in [1.82, 2.24) is 5.09 Å². The van der Waals surface area contributed by atoms with Crippen molar-refractivity contribution in [2.75, 3.05) is 0 Å². The van der Waals surface area contributed by atoms with E-state index in [-0.39, 0.29) is 12.2 Å². The van der Waals surface area contributed by atoms with Gasteiger partial charge >= 0.3 is 13.7 Å². The molecule has 0 aliphatic carbocycles. The second-order valence-corrected chi connectivity index (χ2v) is 8.16. The number of carboxylic acid groups (broad SMARTS) is 1. The number of aliphatic hydroxyl groups is 1. The molecule has 0 bridgehead atoms. The van der Waals surface area contributed by atoms with Gasteiger partial charge in [-0.2, -0.15) is 0 Å². The summed E-state index contributed by atoms with van der Waals surface area (Å²) in [6.45, 7) is 0. The Kier molecular flexibility index (Phi) is 9.51. The number of phenols is 1. The van der Waals surface area contributed by atoms with Crippen LogP contribution in [0.3, 0.4) is 0 Å². The molecular weight excluding hydrogens is 412 g/mol. The van der Waals surface area contributed by atoms with Crippen LogP contribution in [0, 0.1) is 0 Å². The Labute approximate surface area is 161 Å². The Balaban J connectivity index is 0.000000307. The number of carboxylic acids is 1. The first kappa shape index (κ1) is 24.0. The van der Waals surface area contributed by atoms with Crippen LogP contribution in [0.1, 0.15) is 17.0 Å². The molecule has 2 aromatic carbocycles. The topological polar surface area (TPSA) is 185 Å². The standard InChI is InChI=1S/C9H12NO6P.C7H9O3P/c11-7-3-1-6(2-4-7)5-8(9(12)13)10-17(14,15)16;8-7(11(9)10)6-4-2-1-3-5-6/h1-4,8,11H,5H2,(H,12,13)(H3,10,14,15,16);1-5,7-8,11H,(H,9,10).